The molecule has 0 spiro atoms. The highest BCUT2D eigenvalue weighted by atomic mass is 16.5. The zero-order valence-electron chi connectivity index (χ0n) is 17.1. The zero-order chi connectivity index (χ0) is 20.6. The molecule has 3 aromatic heterocycles. The third-order valence-electron chi connectivity index (χ3n) is 6.02. The minimum Gasteiger partial charge on any atom is -0.450 e. The fourth-order valence-corrected chi connectivity index (χ4v) is 4.36. The number of anilines is 3. The lowest BCUT2D eigenvalue weighted by molar-refractivity contribution is 0.122. The van der Waals surface area contributed by atoms with Gasteiger partial charge in [0.15, 0.2) is 11.4 Å². The Labute approximate surface area is 179 Å². The van der Waals surface area contributed by atoms with E-state index in [9.17, 15) is 0 Å². The molecule has 0 aliphatic carbocycles. The predicted molar refractivity (Wildman–Crippen MR) is 119 cm³/mol. The molecule has 0 atom stereocenters. The van der Waals surface area contributed by atoms with Gasteiger partial charge in [-0.15, -0.1) is 0 Å². The van der Waals surface area contributed by atoms with Crippen LogP contribution in [0.3, 0.4) is 0 Å². The first kappa shape index (κ1) is 18.3. The maximum atomic E-state index is 6.11. The molecule has 2 saturated heterocycles. The molecule has 0 bridgehead atoms. The summed E-state index contributed by atoms with van der Waals surface area (Å²) in [7, 11) is 0. The van der Waals surface area contributed by atoms with Crippen molar-refractivity contribution < 1.29 is 9.15 Å². The van der Waals surface area contributed by atoms with E-state index in [2.05, 4.69) is 40.7 Å². The highest BCUT2D eigenvalue weighted by Crippen LogP contribution is 2.32. The summed E-state index contributed by atoms with van der Waals surface area (Å²) in [5, 5.41) is 1.02. The number of hydrogen-bond donors (Lipinski definition) is 0. The second-order valence-electron chi connectivity index (χ2n) is 7.78. The Kier molecular flexibility index (Phi) is 4.53. The van der Waals surface area contributed by atoms with Crippen molar-refractivity contribution in [3.63, 3.8) is 0 Å². The minimum absolute atomic E-state index is 0.743. The number of benzene rings is 1. The molecule has 2 aliphatic rings. The summed E-state index contributed by atoms with van der Waals surface area (Å²) in [6.45, 7) is 6.59. The van der Waals surface area contributed by atoms with E-state index in [-0.39, 0.29) is 0 Å². The first-order valence-corrected chi connectivity index (χ1v) is 10.6. The normalized spacial score (nSPS) is 17.6. The van der Waals surface area contributed by atoms with Crippen LogP contribution in [0.4, 0.5) is 17.5 Å². The second kappa shape index (κ2) is 7.66. The fraction of sp³-hybridized carbons (Fsp3) is 0.364. The van der Waals surface area contributed by atoms with Crippen LogP contribution in [0, 0.1) is 0 Å². The van der Waals surface area contributed by atoms with Gasteiger partial charge in [-0.3, -0.25) is 0 Å². The molecule has 5 heterocycles. The number of morpholine rings is 1. The Hall–Kier alpha value is -3.46. The van der Waals surface area contributed by atoms with E-state index in [0.717, 1.165) is 92.0 Å². The molecule has 6 rings (SSSR count). The van der Waals surface area contributed by atoms with Gasteiger partial charge in [0, 0.05) is 50.7 Å². The van der Waals surface area contributed by atoms with Crippen LogP contribution < -0.4 is 14.7 Å². The van der Waals surface area contributed by atoms with Gasteiger partial charge >= 0.3 is 0 Å². The SMILES string of the molecule is c1ccc2c(c1)oc1c(N3CCN(c4cc(N5CCOCC5)ncn4)CC3)ncnc12. The van der Waals surface area contributed by atoms with Crippen LogP contribution in [0.25, 0.3) is 22.1 Å². The fourth-order valence-electron chi connectivity index (χ4n) is 4.36. The molecule has 158 valence electrons. The maximum Gasteiger partial charge on any atom is 0.196 e. The maximum absolute atomic E-state index is 6.11. The van der Waals surface area contributed by atoms with Gasteiger partial charge in [-0.1, -0.05) is 12.1 Å². The van der Waals surface area contributed by atoms with E-state index in [0.29, 0.717) is 0 Å². The average molecular weight is 417 g/mol. The summed E-state index contributed by atoms with van der Waals surface area (Å²) in [5.74, 6) is 2.79. The van der Waals surface area contributed by atoms with Gasteiger partial charge in [-0.05, 0) is 12.1 Å². The average Bonchev–Trinajstić information content (AvgIpc) is 3.24. The minimum atomic E-state index is 0.743. The lowest BCUT2D eigenvalue weighted by Crippen LogP contribution is -2.47. The van der Waals surface area contributed by atoms with Gasteiger partial charge in [0.2, 0.25) is 0 Å². The Morgan fingerprint density at radius 3 is 2.19 bits per heavy atom. The lowest BCUT2D eigenvalue weighted by Gasteiger charge is -2.36. The molecule has 4 aromatic rings. The van der Waals surface area contributed by atoms with Gasteiger partial charge in [0.1, 0.15) is 35.4 Å². The topological polar surface area (TPSA) is 83.7 Å². The largest absolute Gasteiger partial charge is 0.450 e. The Morgan fingerprint density at radius 2 is 1.39 bits per heavy atom. The van der Waals surface area contributed by atoms with Crippen LogP contribution in [0.2, 0.25) is 0 Å². The second-order valence-corrected chi connectivity index (χ2v) is 7.78. The monoisotopic (exact) mass is 417 g/mol. The number of nitrogens with zero attached hydrogens (tertiary/aromatic N) is 7. The van der Waals surface area contributed by atoms with E-state index < -0.39 is 0 Å². The van der Waals surface area contributed by atoms with Gasteiger partial charge in [-0.25, -0.2) is 19.9 Å². The molecule has 9 nitrogen and oxygen atoms in total. The third kappa shape index (κ3) is 3.31. The third-order valence-corrected chi connectivity index (χ3v) is 6.02. The molecular formula is C22H23N7O2. The first-order chi connectivity index (χ1) is 15.4. The van der Waals surface area contributed by atoms with Crippen molar-refractivity contribution in [3.8, 4) is 0 Å². The number of furan rings is 1. The van der Waals surface area contributed by atoms with Gasteiger partial charge in [-0.2, -0.15) is 0 Å². The summed E-state index contributed by atoms with van der Waals surface area (Å²) in [6, 6.07) is 10.1. The highest BCUT2D eigenvalue weighted by Gasteiger charge is 2.24. The van der Waals surface area contributed by atoms with E-state index in [1.165, 1.54) is 0 Å². The van der Waals surface area contributed by atoms with Crippen molar-refractivity contribution in [1.29, 1.82) is 0 Å². The van der Waals surface area contributed by atoms with Crippen molar-refractivity contribution in [1.82, 2.24) is 19.9 Å². The summed E-state index contributed by atoms with van der Waals surface area (Å²) < 4.78 is 11.6. The molecule has 31 heavy (non-hydrogen) atoms. The number of aromatic nitrogens is 4. The number of piperazine rings is 1. The van der Waals surface area contributed by atoms with E-state index in [4.69, 9.17) is 9.15 Å². The van der Waals surface area contributed by atoms with E-state index in [1.54, 1.807) is 12.7 Å². The van der Waals surface area contributed by atoms with Crippen molar-refractivity contribution in [2.75, 3.05) is 67.2 Å². The number of para-hydroxylation sites is 1. The number of rotatable bonds is 3. The first-order valence-electron chi connectivity index (χ1n) is 10.6. The van der Waals surface area contributed by atoms with E-state index in [1.807, 2.05) is 24.3 Å². The molecule has 0 saturated carbocycles. The predicted octanol–water partition coefficient (Wildman–Crippen LogP) is 2.33. The zero-order valence-corrected chi connectivity index (χ0v) is 17.1. The summed E-state index contributed by atoms with van der Waals surface area (Å²) in [5.41, 5.74) is 2.47. The number of ether oxygens (including phenoxy) is 1. The number of fused-ring (bicyclic) bond motifs is 3. The van der Waals surface area contributed by atoms with Crippen molar-refractivity contribution in [2.24, 2.45) is 0 Å². The smallest absolute Gasteiger partial charge is 0.196 e. The van der Waals surface area contributed by atoms with Crippen molar-refractivity contribution in [3.05, 3.63) is 43.0 Å². The van der Waals surface area contributed by atoms with Crippen molar-refractivity contribution >= 4 is 39.5 Å². The van der Waals surface area contributed by atoms with Gasteiger partial charge < -0.3 is 23.9 Å². The molecule has 0 amide bonds. The Balaban J connectivity index is 1.22. The van der Waals surface area contributed by atoms with Gasteiger partial charge in [0.05, 0.1) is 13.2 Å². The number of hydrogen-bond acceptors (Lipinski definition) is 9. The van der Waals surface area contributed by atoms with Crippen LogP contribution in [-0.2, 0) is 4.74 Å². The van der Waals surface area contributed by atoms with Crippen LogP contribution in [0.1, 0.15) is 0 Å². The highest BCUT2D eigenvalue weighted by molar-refractivity contribution is 6.05. The van der Waals surface area contributed by atoms with Crippen LogP contribution >= 0.6 is 0 Å². The standard InChI is InChI=1S/C22H23N7O2/c1-2-4-17-16(3-1)20-21(31-17)22(26-15-25-20)29-7-5-27(6-8-29)18-13-19(24-14-23-18)28-9-11-30-12-10-28/h1-4,13-15H,5-12H2. The molecular weight excluding hydrogens is 394 g/mol. The van der Waals surface area contributed by atoms with E-state index >= 15 is 0 Å². The molecule has 1 aromatic carbocycles. The molecule has 9 heteroatoms. The van der Waals surface area contributed by atoms with Crippen molar-refractivity contribution in [2.45, 2.75) is 0 Å². The van der Waals surface area contributed by atoms with Crippen LogP contribution in [-0.4, -0.2) is 72.4 Å². The Morgan fingerprint density at radius 1 is 0.710 bits per heavy atom. The summed E-state index contributed by atoms with van der Waals surface area (Å²) in [4.78, 5) is 24.9. The van der Waals surface area contributed by atoms with Gasteiger partial charge in [0.25, 0.3) is 0 Å². The molecule has 2 fully saturated rings. The van der Waals surface area contributed by atoms with Crippen LogP contribution in [0.5, 0.6) is 0 Å². The quantitative estimate of drug-likeness (QED) is 0.499. The molecule has 2 aliphatic heterocycles. The Bertz CT molecular complexity index is 1210. The summed E-state index contributed by atoms with van der Waals surface area (Å²) in [6.07, 6.45) is 3.29. The molecule has 0 radical (unpaired) electrons. The van der Waals surface area contributed by atoms with Crippen LogP contribution in [0.15, 0.2) is 47.4 Å². The lowest BCUT2D eigenvalue weighted by atomic mass is 10.2. The summed E-state index contributed by atoms with van der Waals surface area (Å²) >= 11 is 0. The molecule has 0 N–H and O–H groups in total. The molecule has 0 unspecified atom stereocenters.